The van der Waals surface area contributed by atoms with Crippen molar-refractivity contribution in [2.75, 3.05) is 6.54 Å². The third kappa shape index (κ3) is 4.54. The van der Waals surface area contributed by atoms with Gasteiger partial charge in [-0.25, -0.2) is 4.39 Å². The molecule has 1 unspecified atom stereocenters. The highest BCUT2D eigenvalue weighted by Crippen LogP contribution is 2.29. The van der Waals surface area contributed by atoms with Gasteiger partial charge in [-0.1, -0.05) is 30.3 Å². The first-order chi connectivity index (χ1) is 10.4. The molecule has 2 N–H and O–H groups in total. The van der Waals surface area contributed by atoms with Crippen LogP contribution < -0.4 is 5.32 Å². The number of aliphatic hydroxyl groups is 1. The van der Waals surface area contributed by atoms with Gasteiger partial charge in [-0.2, -0.15) is 13.2 Å². The lowest BCUT2D eigenvalue weighted by Gasteiger charge is -2.13. The van der Waals surface area contributed by atoms with E-state index in [1.807, 2.05) is 0 Å². The lowest BCUT2D eigenvalue weighted by atomic mass is 10.1. The molecule has 118 valence electrons. The molecule has 0 spiro atoms. The molecule has 0 aliphatic rings. The Morgan fingerprint density at radius 2 is 1.73 bits per heavy atom. The van der Waals surface area contributed by atoms with Crippen molar-refractivity contribution in [1.82, 2.24) is 5.32 Å². The Morgan fingerprint density at radius 1 is 1.05 bits per heavy atom. The van der Waals surface area contributed by atoms with Crippen molar-refractivity contribution >= 4 is 0 Å². The van der Waals surface area contributed by atoms with E-state index >= 15 is 0 Å². The Hall–Kier alpha value is -1.92. The number of hydrogen-bond donors (Lipinski definition) is 2. The van der Waals surface area contributed by atoms with Gasteiger partial charge in [-0.05, 0) is 29.3 Å². The van der Waals surface area contributed by atoms with Crippen molar-refractivity contribution in [1.29, 1.82) is 0 Å². The lowest BCUT2D eigenvalue weighted by molar-refractivity contribution is -0.137. The summed E-state index contributed by atoms with van der Waals surface area (Å²) in [4.78, 5) is 0. The van der Waals surface area contributed by atoms with E-state index in [4.69, 9.17) is 0 Å². The first kappa shape index (κ1) is 16.5. The van der Waals surface area contributed by atoms with E-state index in [9.17, 15) is 22.7 Å². The fourth-order valence-electron chi connectivity index (χ4n) is 2.01. The summed E-state index contributed by atoms with van der Waals surface area (Å²) in [6.07, 6.45) is -5.23. The van der Waals surface area contributed by atoms with Crippen LogP contribution in [0.4, 0.5) is 17.6 Å². The zero-order valence-electron chi connectivity index (χ0n) is 11.6. The number of nitrogens with one attached hydrogen (secondary N) is 1. The maximum absolute atomic E-state index is 12.8. The predicted molar refractivity (Wildman–Crippen MR) is 74.5 cm³/mol. The number of rotatable bonds is 5. The van der Waals surface area contributed by atoms with E-state index in [2.05, 4.69) is 5.32 Å². The third-order valence-electron chi connectivity index (χ3n) is 3.18. The van der Waals surface area contributed by atoms with Crippen molar-refractivity contribution in [2.45, 2.75) is 18.8 Å². The topological polar surface area (TPSA) is 32.3 Å². The molecule has 2 rings (SSSR count). The SMILES string of the molecule is OC(CNCc1cccc(C(F)(F)F)c1)c1ccc(F)cc1. The van der Waals surface area contributed by atoms with E-state index in [1.54, 1.807) is 6.07 Å². The van der Waals surface area contributed by atoms with Gasteiger partial charge >= 0.3 is 6.18 Å². The van der Waals surface area contributed by atoms with Gasteiger partial charge in [0.05, 0.1) is 11.7 Å². The number of aliphatic hydroxyl groups excluding tert-OH is 1. The van der Waals surface area contributed by atoms with Gasteiger partial charge in [0.2, 0.25) is 0 Å². The Balaban J connectivity index is 1.89. The van der Waals surface area contributed by atoms with Crippen LogP contribution in [0.25, 0.3) is 0 Å². The zero-order valence-corrected chi connectivity index (χ0v) is 11.6. The van der Waals surface area contributed by atoms with Gasteiger partial charge in [-0.15, -0.1) is 0 Å². The Labute approximate surface area is 125 Å². The lowest BCUT2D eigenvalue weighted by Crippen LogP contribution is -2.21. The second-order valence-electron chi connectivity index (χ2n) is 4.90. The summed E-state index contributed by atoms with van der Waals surface area (Å²) >= 11 is 0. The Morgan fingerprint density at radius 3 is 2.36 bits per heavy atom. The second kappa shape index (κ2) is 6.89. The molecule has 0 fully saturated rings. The van der Waals surface area contributed by atoms with Gasteiger partial charge in [0, 0.05) is 13.1 Å². The molecule has 2 aromatic rings. The highest BCUT2D eigenvalue weighted by molar-refractivity contribution is 5.25. The summed E-state index contributed by atoms with van der Waals surface area (Å²) in [5.74, 6) is -0.395. The smallest absolute Gasteiger partial charge is 0.387 e. The van der Waals surface area contributed by atoms with Crippen LogP contribution >= 0.6 is 0 Å². The average Bonchev–Trinajstić information content (AvgIpc) is 2.47. The van der Waals surface area contributed by atoms with Crippen LogP contribution in [-0.4, -0.2) is 11.7 Å². The molecule has 6 heteroatoms. The van der Waals surface area contributed by atoms with Crippen molar-refractivity contribution in [3.05, 3.63) is 71.0 Å². The Bertz CT molecular complexity index is 610. The van der Waals surface area contributed by atoms with Crippen LogP contribution in [0.3, 0.4) is 0 Å². The van der Waals surface area contributed by atoms with E-state index < -0.39 is 23.7 Å². The summed E-state index contributed by atoms with van der Waals surface area (Å²) < 4.78 is 50.5. The fourth-order valence-corrected chi connectivity index (χ4v) is 2.01. The molecule has 0 bridgehead atoms. The minimum atomic E-state index is -4.37. The van der Waals surface area contributed by atoms with Crippen molar-refractivity contribution < 1.29 is 22.7 Å². The minimum absolute atomic E-state index is 0.155. The van der Waals surface area contributed by atoms with Gasteiger partial charge in [0.1, 0.15) is 5.82 Å². The molecule has 0 saturated heterocycles. The van der Waals surface area contributed by atoms with Crippen LogP contribution in [-0.2, 0) is 12.7 Å². The van der Waals surface area contributed by atoms with Crippen molar-refractivity contribution in [3.8, 4) is 0 Å². The second-order valence-corrected chi connectivity index (χ2v) is 4.90. The van der Waals surface area contributed by atoms with E-state index in [0.29, 0.717) is 11.1 Å². The van der Waals surface area contributed by atoms with Gasteiger partial charge in [-0.3, -0.25) is 0 Å². The first-order valence-corrected chi connectivity index (χ1v) is 6.66. The standard InChI is InChI=1S/C16H15F4NO/c17-14-6-4-12(5-7-14)15(22)10-21-9-11-2-1-3-13(8-11)16(18,19)20/h1-8,15,21-22H,9-10H2. The van der Waals surface area contributed by atoms with Gasteiger partial charge < -0.3 is 10.4 Å². The molecule has 0 aliphatic heterocycles. The summed E-state index contributed by atoms with van der Waals surface area (Å²) in [6.45, 7) is 0.351. The molecule has 0 amide bonds. The molecule has 0 saturated carbocycles. The van der Waals surface area contributed by atoms with Crippen molar-refractivity contribution in [2.24, 2.45) is 0 Å². The average molecular weight is 313 g/mol. The van der Waals surface area contributed by atoms with Crippen LogP contribution in [0.1, 0.15) is 22.8 Å². The van der Waals surface area contributed by atoms with E-state index in [0.717, 1.165) is 12.1 Å². The molecule has 22 heavy (non-hydrogen) atoms. The number of alkyl halides is 3. The maximum atomic E-state index is 12.8. The molecular weight excluding hydrogens is 298 g/mol. The van der Waals surface area contributed by atoms with Crippen LogP contribution in [0.5, 0.6) is 0 Å². The molecule has 1 atom stereocenters. The largest absolute Gasteiger partial charge is 0.416 e. The number of halogens is 4. The minimum Gasteiger partial charge on any atom is -0.387 e. The van der Waals surface area contributed by atoms with E-state index in [1.165, 1.54) is 30.3 Å². The van der Waals surface area contributed by atoms with Gasteiger partial charge in [0.25, 0.3) is 0 Å². The van der Waals surface area contributed by atoms with Crippen LogP contribution in [0.2, 0.25) is 0 Å². The molecule has 2 aromatic carbocycles. The summed E-state index contributed by atoms with van der Waals surface area (Å²) in [7, 11) is 0. The monoisotopic (exact) mass is 313 g/mol. The quantitative estimate of drug-likeness (QED) is 0.826. The highest BCUT2D eigenvalue weighted by atomic mass is 19.4. The van der Waals surface area contributed by atoms with Crippen LogP contribution in [0.15, 0.2) is 48.5 Å². The third-order valence-corrected chi connectivity index (χ3v) is 3.18. The predicted octanol–water partition coefficient (Wildman–Crippen LogP) is 3.67. The molecule has 2 nitrogen and oxygen atoms in total. The molecule has 0 radical (unpaired) electrons. The highest BCUT2D eigenvalue weighted by Gasteiger charge is 2.30. The van der Waals surface area contributed by atoms with E-state index in [-0.39, 0.29) is 13.1 Å². The molecule has 0 heterocycles. The van der Waals surface area contributed by atoms with Crippen molar-refractivity contribution in [3.63, 3.8) is 0 Å². The maximum Gasteiger partial charge on any atom is 0.416 e. The van der Waals surface area contributed by atoms with Crippen LogP contribution in [0, 0.1) is 5.82 Å². The molecule has 0 aromatic heterocycles. The summed E-state index contributed by atoms with van der Waals surface area (Å²) in [5.41, 5.74) is 0.310. The first-order valence-electron chi connectivity index (χ1n) is 6.66. The normalized spacial score (nSPS) is 13.1. The molecular formula is C16H15F4NO. The number of benzene rings is 2. The number of hydrogen-bond acceptors (Lipinski definition) is 2. The summed E-state index contributed by atoms with van der Waals surface area (Å²) in [6, 6.07) is 10.4. The fraction of sp³-hybridized carbons (Fsp3) is 0.250. The molecule has 0 aliphatic carbocycles. The Kier molecular flexibility index (Phi) is 5.15. The zero-order chi connectivity index (χ0) is 16.2. The summed E-state index contributed by atoms with van der Waals surface area (Å²) in [5, 5.41) is 12.8. The van der Waals surface area contributed by atoms with Gasteiger partial charge in [0.15, 0.2) is 0 Å².